The molecule has 3 aliphatic rings. The van der Waals surface area contributed by atoms with Crippen molar-refractivity contribution in [1.82, 2.24) is 14.7 Å². The van der Waals surface area contributed by atoms with Crippen molar-refractivity contribution in [2.75, 3.05) is 32.7 Å². The first kappa shape index (κ1) is 23.6. The Kier molecular flexibility index (Phi) is 7.07. The summed E-state index contributed by atoms with van der Waals surface area (Å²) in [6.45, 7) is 7.55. The van der Waals surface area contributed by atoms with E-state index >= 15 is 0 Å². The molecule has 0 N–H and O–H groups in total. The maximum atomic E-state index is 13.5. The molecule has 1 saturated heterocycles. The molecule has 1 aromatic heterocycles. The highest BCUT2D eigenvalue weighted by atomic mass is 32.1. The molecule has 34 heavy (non-hydrogen) atoms. The molecule has 2 atom stereocenters. The number of aryl methyl sites for hydroxylation is 1. The number of rotatable bonds is 4. The summed E-state index contributed by atoms with van der Waals surface area (Å²) < 4.78 is 0. The molecule has 2 unspecified atom stereocenters. The second kappa shape index (κ2) is 10.2. The molecular weight excluding hydrogens is 442 g/mol. The molecular formula is C28H37N3O2S. The zero-order valence-corrected chi connectivity index (χ0v) is 21.4. The summed E-state index contributed by atoms with van der Waals surface area (Å²) in [6, 6.07) is 11.0. The average Bonchev–Trinajstić information content (AvgIpc) is 3.33. The highest BCUT2D eigenvalue weighted by Crippen LogP contribution is 2.38. The van der Waals surface area contributed by atoms with Gasteiger partial charge >= 0.3 is 0 Å². The zero-order chi connectivity index (χ0) is 23.7. The summed E-state index contributed by atoms with van der Waals surface area (Å²) in [5, 5.41) is 2.19. The van der Waals surface area contributed by atoms with Gasteiger partial charge in [-0.25, -0.2) is 0 Å². The lowest BCUT2D eigenvalue weighted by Gasteiger charge is -2.43. The van der Waals surface area contributed by atoms with Crippen molar-refractivity contribution in [3.05, 3.63) is 57.3 Å². The van der Waals surface area contributed by atoms with E-state index in [-0.39, 0.29) is 23.9 Å². The summed E-state index contributed by atoms with van der Waals surface area (Å²) in [5.74, 6) is 0.704. The van der Waals surface area contributed by atoms with Gasteiger partial charge in [0.05, 0.1) is 12.6 Å². The molecule has 1 aromatic carbocycles. The first-order valence-electron chi connectivity index (χ1n) is 13.0. The van der Waals surface area contributed by atoms with Crippen LogP contribution in [0.5, 0.6) is 0 Å². The topological polar surface area (TPSA) is 43.9 Å². The molecule has 2 fully saturated rings. The van der Waals surface area contributed by atoms with Gasteiger partial charge in [0.1, 0.15) is 0 Å². The van der Waals surface area contributed by atoms with E-state index in [2.05, 4.69) is 59.4 Å². The van der Waals surface area contributed by atoms with E-state index < -0.39 is 0 Å². The van der Waals surface area contributed by atoms with Crippen molar-refractivity contribution in [1.29, 1.82) is 0 Å². The highest BCUT2D eigenvalue weighted by molar-refractivity contribution is 7.10. The van der Waals surface area contributed by atoms with Gasteiger partial charge in [-0.2, -0.15) is 0 Å². The van der Waals surface area contributed by atoms with E-state index in [1.807, 2.05) is 16.2 Å². The Hall–Kier alpha value is -2.18. The van der Waals surface area contributed by atoms with Crippen molar-refractivity contribution in [2.24, 2.45) is 5.92 Å². The van der Waals surface area contributed by atoms with Crippen LogP contribution < -0.4 is 0 Å². The Morgan fingerprint density at radius 2 is 1.79 bits per heavy atom. The Morgan fingerprint density at radius 3 is 2.56 bits per heavy atom. The minimum atomic E-state index is 0.0872. The van der Waals surface area contributed by atoms with Gasteiger partial charge in [-0.3, -0.25) is 14.5 Å². The third-order valence-electron chi connectivity index (χ3n) is 8.10. The quantitative estimate of drug-likeness (QED) is 0.642. The number of hydrogen-bond donors (Lipinski definition) is 0. The smallest absolute Gasteiger partial charge is 0.236 e. The maximum absolute atomic E-state index is 13.5. The SMILES string of the molecule is Cc1ccccc1C1c2ccsc2CCN1CC(=O)N1CCN(C(=O)C2CCCCC2)C(C)C1. The fraction of sp³-hybridized carbons (Fsp3) is 0.571. The molecule has 0 bridgehead atoms. The Labute approximate surface area is 207 Å². The molecule has 2 amide bonds. The number of piperazine rings is 1. The summed E-state index contributed by atoms with van der Waals surface area (Å²) in [7, 11) is 0. The van der Waals surface area contributed by atoms with Gasteiger partial charge in [-0.05, 0) is 61.2 Å². The first-order chi connectivity index (χ1) is 16.5. The first-order valence-corrected chi connectivity index (χ1v) is 13.8. The zero-order valence-electron chi connectivity index (χ0n) is 20.5. The van der Waals surface area contributed by atoms with Crippen LogP contribution in [-0.2, 0) is 16.0 Å². The summed E-state index contributed by atoms with van der Waals surface area (Å²) in [5.41, 5.74) is 3.92. The van der Waals surface area contributed by atoms with Crippen LogP contribution >= 0.6 is 11.3 Å². The number of nitrogens with zero attached hydrogens (tertiary/aromatic N) is 3. The summed E-state index contributed by atoms with van der Waals surface area (Å²) in [6.07, 6.45) is 6.67. The molecule has 1 aliphatic carbocycles. The van der Waals surface area contributed by atoms with Crippen molar-refractivity contribution < 1.29 is 9.59 Å². The molecule has 2 aliphatic heterocycles. The highest BCUT2D eigenvalue weighted by Gasteiger charge is 2.36. The number of benzene rings is 1. The lowest BCUT2D eigenvalue weighted by atomic mass is 9.87. The number of carbonyl (C=O) groups is 2. The van der Waals surface area contributed by atoms with E-state index in [9.17, 15) is 9.59 Å². The van der Waals surface area contributed by atoms with Gasteiger partial charge in [-0.1, -0.05) is 43.5 Å². The number of thiophene rings is 1. The predicted molar refractivity (Wildman–Crippen MR) is 137 cm³/mol. The van der Waals surface area contributed by atoms with Crippen LogP contribution in [0, 0.1) is 12.8 Å². The fourth-order valence-corrected chi connectivity index (χ4v) is 7.07. The number of hydrogen-bond acceptors (Lipinski definition) is 4. The van der Waals surface area contributed by atoms with Gasteiger partial charge in [0.25, 0.3) is 0 Å². The minimum Gasteiger partial charge on any atom is -0.338 e. The lowest BCUT2D eigenvalue weighted by Crippen LogP contribution is -2.58. The molecule has 6 heteroatoms. The molecule has 0 spiro atoms. The monoisotopic (exact) mass is 479 g/mol. The standard InChI is InChI=1S/C28H37N3O2S/c1-20-8-6-7-11-23(20)27-24-13-17-34-25(24)12-14-30(27)19-26(32)29-15-16-31(21(2)18-29)28(33)22-9-4-3-5-10-22/h6-8,11,13,17,21-22,27H,3-5,9-10,12,14-16,18-19H2,1-2H3. The number of carbonyl (C=O) groups excluding carboxylic acids is 2. The van der Waals surface area contributed by atoms with Crippen LogP contribution in [-0.4, -0.2) is 65.3 Å². The van der Waals surface area contributed by atoms with Crippen LogP contribution in [0.2, 0.25) is 0 Å². The second-order valence-corrected chi connectivity index (χ2v) is 11.3. The van der Waals surface area contributed by atoms with E-state index in [1.54, 1.807) is 0 Å². The number of amides is 2. The van der Waals surface area contributed by atoms with Crippen LogP contribution in [0.3, 0.4) is 0 Å². The minimum absolute atomic E-state index is 0.0872. The van der Waals surface area contributed by atoms with Crippen molar-refractivity contribution in [2.45, 2.75) is 64.5 Å². The van der Waals surface area contributed by atoms with Crippen LogP contribution in [0.15, 0.2) is 35.7 Å². The third-order valence-corrected chi connectivity index (χ3v) is 9.10. The fourth-order valence-electron chi connectivity index (χ4n) is 6.17. The van der Waals surface area contributed by atoms with Gasteiger partial charge in [0.2, 0.25) is 11.8 Å². The number of fused-ring (bicyclic) bond motifs is 1. The van der Waals surface area contributed by atoms with Crippen LogP contribution in [0.25, 0.3) is 0 Å². The Bertz CT molecular complexity index is 1030. The molecule has 3 heterocycles. The molecule has 182 valence electrons. The summed E-state index contributed by atoms with van der Waals surface area (Å²) >= 11 is 1.83. The molecule has 5 nitrogen and oxygen atoms in total. The molecule has 5 rings (SSSR count). The summed E-state index contributed by atoms with van der Waals surface area (Å²) in [4.78, 5) is 34.4. The van der Waals surface area contributed by atoms with Crippen molar-refractivity contribution in [3.8, 4) is 0 Å². The van der Waals surface area contributed by atoms with Gasteiger partial charge in [-0.15, -0.1) is 11.3 Å². The van der Waals surface area contributed by atoms with E-state index in [4.69, 9.17) is 0 Å². The molecule has 1 saturated carbocycles. The largest absolute Gasteiger partial charge is 0.338 e. The molecule has 0 radical (unpaired) electrons. The predicted octanol–water partition coefficient (Wildman–Crippen LogP) is 4.64. The van der Waals surface area contributed by atoms with Crippen LogP contribution in [0.4, 0.5) is 0 Å². The normalized spacial score (nSPS) is 24.2. The van der Waals surface area contributed by atoms with Gasteiger partial charge < -0.3 is 9.80 Å². The van der Waals surface area contributed by atoms with Crippen molar-refractivity contribution >= 4 is 23.2 Å². The average molecular weight is 480 g/mol. The Balaban J connectivity index is 1.27. The van der Waals surface area contributed by atoms with Crippen molar-refractivity contribution in [3.63, 3.8) is 0 Å². The second-order valence-electron chi connectivity index (χ2n) is 10.3. The van der Waals surface area contributed by atoms with E-state index in [0.717, 1.165) is 25.8 Å². The van der Waals surface area contributed by atoms with E-state index in [0.29, 0.717) is 32.1 Å². The Morgan fingerprint density at radius 1 is 1.00 bits per heavy atom. The van der Waals surface area contributed by atoms with Gasteiger partial charge in [0, 0.05) is 43.0 Å². The maximum Gasteiger partial charge on any atom is 0.236 e. The lowest BCUT2D eigenvalue weighted by molar-refractivity contribution is -0.146. The molecule has 2 aromatic rings. The van der Waals surface area contributed by atoms with Gasteiger partial charge in [0.15, 0.2) is 0 Å². The van der Waals surface area contributed by atoms with E-state index in [1.165, 1.54) is 40.8 Å². The van der Waals surface area contributed by atoms with Crippen LogP contribution in [0.1, 0.15) is 66.6 Å². The third kappa shape index (κ3) is 4.67.